The molecule has 623 valence electrons. The summed E-state index contributed by atoms with van der Waals surface area (Å²) in [5, 5.41) is 3.32. The maximum atomic E-state index is 13.6. The second-order valence-corrected chi connectivity index (χ2v) is 816. The van der Waals surface area contributed by atoms with E-state index in [0.717, 1.165) is 93.4 Å². The zero-order valence-corrected chi connectivity index (χ0v) is 127. The van der Waals surface area contributed by atoms with Crippen molar-refractivity contribution in [3.63, 3.8) is 0 Å². The second kappa shape index (κ2) is 61.5. The molecule has 13 nitrogen and oxygen atoms in total. The summed E-state index contributed by atoms with van der Waals surface area (Å²) in [6, 6.07) is 28.9. The molecule has 55 heteroatoms. The van der Waals surface area contributed by atoms with Gasteiger partial charge in [-0.1, -0.05) is 56.0 Å². The maximum Gasteiger partial charge on any atom is 0.419 e. The fourth-order valence-electron chi connectivity index (χ4n) is 8.83. The molecule has 107 heavy (non-hydrogen) atoms. The molecule has 2 saturated heterocycles. The predicted octanol–water partition coefficient (Wildman–Crippen LogP) is 34.0. The molecular formula is C52H56BF6I35N10O3-. The number of nitrogens with one attached hydrogen (secondary N) is 1. The van der Waals surface area contributed by atoms with Crippen LogP contribution in [0.3, 0.4) is 0 Å². The first-order valence-corrected chi connectivity index (χ1v) is 242. The molecule has 0 saturated carbocycles. The van der Waals surface area contributed by atoms with Crippen molar-refractivity contribution in [3.05, 3.63) is 177 Å². The van der Waals surface area contributed by atoms with Crippen LogP contribution in [0.25, 0.3) is 0 Å². The SMILES string of the molecule is C.I[I-]I(I)I(I)I(I)I(I)I(I)I(I)I(I)I(I)I(I)I(I)I(I)I(I)I(I)I(I)I(I)I(I)I.NC(=O)c1cccc(CCc2nc(Cc3ccc(N4CCN([B]C=O)CC4)cc3)ncc2C(F)(F)F)c1.NC(=O)c1cccc(CCc2nc(Cc3ccc(N4CCNCC4)cc3)ncc2C(F)(F)F)c1. The fraction of sp³-hybridized carbons (Fsp3) is 0.327. The fourth-order valence-corrected chi connectivity index (χ4v) is 6090. The molecule has 6 aromatic rings. The van der Waals surface area contributed by atoms with E-state index in [1.165, 1.54) is 0 Å². The molecule has 0 unspecified atom stereocenters. The molecule has 8 rings (SSSR count). The third-order valence-electron chi connectivity index (χ3n) is 13.5. The minimum Gasteiger partial charge on any atom is -0.369 e. The van der Waals surface area contributed by atoms with Gasteiger partial charge in [0.15, 0.2) is 0 Å². The Hall–Kier alpha value is 18.4. The van der Waals surface area contributed by atoms with Crippen LogP contribution in [-0.2, 0) is 55.7 Å². The quantitative estimate of drug-likeness (QED) is 0.0159. The van der Waals surface area contributed by atoms with Crippen molar-refractivity contribution in [2.45, 2.75) is 58.3 Å². The first kappa shape index (κ1) is 116. The summed E-state index contributed by atoms with van der Waals surface area (Å²) in [6.45, 7) is 6.85. The van der Waals surface area contributed by atoms with Crippen molar-refractivity contribution in [3.8, 4) is 0 Å². The van der Waals surface area contributed by atoms with Gasteiger partial charge in [-0.05, 0) is 96.5 Å². The van der Waals surface area contributed by atoms with Crippen molar-refractivity contribution < 1.29 is 54.0 Å². The van der Waals surface area contributed by atoms with E-state index >= 15 is 0 Å². The zero-order valence-electron chi connectivity index (χ0n) is 52.0. The van der Waals surface area contributed by atoms with Crippen LogP contribution in [0.15, 0.2) is 109 Å². The smallest absolute Gasteiger partial charge is 0.369 e. The number of benzene rings is 4. The van der Waals surface area contributed by atoms with Crippen LogP contribution in [0.4, 0.5) is 37.7 Å². The normalized spacial score (nSPS) is 15.6. The maximum absolute atomic E-state index is 13.6. The number of aromatic nitrogens is 4. The van der Waals surface area contributed by atoms with Gasteiger partial charge in [0, 0.05) is 100 Å². The Bertz CT molecular complexity index is 3760. The van der Waals surface area contributed by atoms with Crippen LogP contribution < -0.4 is 39.8 Å². The Labute approximate surface area is 860 Å². The number of carbonyl (C=O) groups is 3. The summed E-state index contributed by atoms with van der Waals surface area (Å²) < 4.78 is 81.6. The number of aryl methyl sites for hydroxylation is 4. The number of rotatable bonds is 32. The number of nitrogens with zero attached hydrogens (tertiary/aromatic N) is 7. The van der Waals surface area contributed by atoms with Crippen LogP contribution in [-0.4, -0.2) is 103 Å². The molecule has 2 aliphatic rings. The number of anilines is 2. The first-order valence-electron chi connectivity index (χ1n) is 27.9. The number of carbonyl (C=O) groups excluding carboxylic acids is 3. The predicted molar refractivity (Wildman–Crippen MR) is 742 cm³/mol. The standard InChI is InChI=1S/C26H26BF3N5O2.C25H26F3N5O.CH4.I35/c28-26(29,30)22-16-32-24(33-23(22)9-6-18-2-1-3-20(14-18)25(31)37)15-19-4-7-21(8-5-19)34-10-12-35(13-11-34)27-17-36;26-25(27,28)21-16-31-23(15-18-4-7-20(8-5-18)33-12-10-30-11-13-33)32-22(21)9-6-17-2-1-3-19(14-17)24(29)34;;1-19-21(4)23(6)25(8)27(10)29(12)31(14)33(16)35(18)34(17)32(15)30(13)28(11)26(9)24(7)22(5)20(2)3/h1-5,7-8,14,16-17H,6,9-13,15H2,(H2,31,37);1-5,7-8,14,16,30H,6,9-13,15H2,(H2,29,34);1H4;/q;;;-1. The van der Waals surface area contributed by atoms with Gasteiger partial charge in [0.05, 0.1) is 28.7 Å². The summed E-state index contributed by atoms with van der Waals surface area (Å²) in [6.07, 6.45) is -5.31. The van der Waals surface area contributed by atoms with Crippen molar-refractivity contribution in [1.82, 2.24) is 30.1 Å². The van der Waals surface area contributed by atoms with Gasteiger partial charge in [0.25, 0.3) is 7.41 Å². The number of piperazine rings is 2. The van der Waals surface area contributed by atoms with E-state index in [-0.39, 0.29) is 46.0 Å². The molecule has 2 aliphatic heterocycles. The average molecular weight is 5440 g/mol. The number of halogens is 41. The van der Waals surface area contributed by atoms with E-state index in [2.05, 4.69) is 370 Å². The monoisotopic (exact) mass is 5440 g/mol. The van der Waals surface area contributed by atoms with Crippen LogP contribution in [0.5, 0.6) is 0 Å². The topological polar surface area (TPSA) is 177 Å². The van der Waals surface area contributed by atoms with Gasteiger partial charge in [0.2, 0.25) is 11.8 Å². The molecule has 2 amide bonds. The summed E-state index contributed by atoms with van der Waals surface area (Å²) in [7, 11) is -6.02. The summed E-state index contributed by atoms with van der Waals surface area (Å²) in [5.74, 6) is -0.527. The summed E-state index contributed by atoms with van der Waals surface area (Å²) in [5.41, 5.74) is 14.8. The van der Waals surface area contributed by atoms with Gasteiger partial charge in [-0.2, -0.15) is 26.3 Å². The van der Waals surface area contributed by atoms with Crippen LogP contribution >= 0.6 is 461 Å². The molecule has 5 N–H and O–H groups in total. The molecule has 0 atom stereocenters. The van der Waals surface area contributed by atoms with Gasteiger partial charge in [-0.15, -0.1) is 0 Å². The molecule has 2 fully saturated rings. The van der Waals surface area contributed by atoms with Crippen LogP contribution in [0, 0.1) is 0 Å². The number of nitrogens with two attached hydrogens (primary N) is 2. The van der Waals surface area contributed by atoms with Gasteiger partial charge < -0.3 is 36.2 Å². The molecule has 4 heterocycles. The van der Waals surface area contributed by atoms with Crippen molar-refractivity contribution >= 4 is 498 Å². The Kier molecular flexibility index (Phi) is 66.6. The average Bonchev–Trinajstić information content (AvgIpc) is 0.663. The zero-order chi connectivity index (χ0) is 78.5. The van der Waals surface area contributed by atoms with Gasteiger partial charge >= 0.3 is 487 Å². The van der Waals surface area contributed by atoms with Crippen molar-refractivity contribution in [2.75, 3.05) is 62.2 Å². The first-order chi connectivity index (χ1) is 49.9. The van der Waals surface area contributed by atoms with Crippen molar-refractivity contribution in [2.24, 2.45) is 11.5 Å². The third kappa shape index (κ3) is 40.9. The van der Waals surface area contributed by atoms with Gasteiger partial charge in [0.1, 0.15) is 11.6 Å². The molecular weight excluding hydrogens is 5380 g/mol. The van der Waals surface area contributed by atoms with E-state index in [1.54, 1.807) is 55.9 Å². The van der Waals surface area contributed by atoms with E-state index in [0.29, 0.717) is 66.4 Å². The largest absolute Gasteiger partial charge is 0.419 e. The Morgan fingerprint density at radius 2 is 0.813 bits per heavy atom. The number of primary amides is 2. The van der Waals surface area contributed by atoms with Crippen LogP contribution in [0.2, 0.25) is 0 Å². The van der Waals surface area contributed by atoms with E-state index in [1.807, 2.05) is 53.3 Å². The minimum atomic E-state index is -4.57. The minimum absolute atomic E-state index is 0. The molecule has 1 radical (unpaired) electrons. The van der Waals surface area contributed by atoms with Crippen LogP contribution in [0.1, 0.15) is 84.6 Å². The van der Waals surface area contributed by atoms with E-state index in [4.69, 9.17) is 11.5 Å². The third-order valence-corrected chi connectivity index (χ3v) is 2570. The summed E-state index contributed by atoms with van der Waals surface area (Å²) >= 11 is 58.1. The van der Waals surface area contributed by atoms with E-state index in [9.17, 15) is 40.7 Å². The van der Waals surface area contributed by atoms with E-state index < -0.39 is 154 Å². The Morgan fingerprint density at radius 1 is 0.477 bits per heavy atom. The Morgan fingerprint density at radius 3 is 1.13 bits per heavy atom. The number of hydrogen-bond acceptors (Lipinski definition) is 11. The Balaban J connectivity index is 0.000000287. The van der Waals surface area contributed by atoms with Gasteiger partial charge in [-0.3, -0.25) is 9.59 Å². The molecule has 0 bridgehead atoms. The van der Waals surface area contributed by atoms with Gasteiger partial charge in [-0.25, -0.2) is 19.9 Å². The molecule has 0 spiro atoms. The second-order valence-electron chi connectivity index (χ2n) is 19.8. The number of hydrogen-bond donors (Lipinski definition) is 3. The molecule has 0 aliphatic carbocycles. The number of amides is 2. The molecule has 2 aromatic heterocycles. The summed E-state index contributed by atoms with van der Waals surface area (Å²) in [4.78, 5) is 56.5. The number of alkyl halides is 6. The molecule has 4 aromatic carbocycles. The van der Waals surface area contributed by atoms with Crippen molar-refractivity contribution in [1.29, 1.82) is 0 Å².